The Morgan fingerprint density at radius 2 is 2.31 bits per heavy atom. The lowest BCUT2D eigenvalue weighted by Gasteiger charge is -2.05. The number of rotatable bonds is 3. The van der Waals surface area contributed by atoms with Gasteiger partial charge in [-0.2, -0.15) is 5.26 Å². The predicted molar refractivity (Wildman–Crippen MR) is 52.5 cm³/mol. The Morgan fingerprint density at radius 3 is 2.81 bits per heavy atom. The van der Waals surface area contributed by atoms with Crippen molar-refractivity contribution >= 4 is 12.3 Å². The van der Waals surface area contributed by atoms with Gasteiger partial charge in [0.25, 0.3) is 0 Å². The average molecular weight is 221 g/mol. The first-order valence-electron chi connectivity index (χ1n) is 4.50. The Labute approximate surface area is 91.3 Å². The first-order chi connectivity index (χ1) is 7.65. The average Bonchev–Trinajstić information content (AvgIpc) is 2.28. The molecule has 0 saturated carbocycles. The lowest BCUT2D eigenvalue weighted by molar-refractivity contribution is 0.0525. The number of aldehydes is 1. The van der Waals surface area contributed by atoms with Crippen LogP contribution in [0.2, 0.25) is 0 Å². The second-order valence-electron chi connectivity index (χ2n) is 2.84. The standard InChI is InChI=1S/C11H8FNO3/c1-2-16-11(15)8-4-3-7(6-14)10(12)9(8)5-13/h3-4,6H,2H2,1H3. The number of hydrogen-bond acceptors (Lipinski definition) is 4. The molecule has 0 saturated heterocycles. The van der Waals surface area contributed by atoms with Crippen molar-refractivity contribution in [1.82, 2.24) is 0 Å². The van der Waals surface area contributed by atoms with Crippen LogP contribution in [0.15, 0.2) is 12.1 Å². The number of halogens is 1. The minimum Gasteiger partial charge on any atom is -0.462 e. The van der Waals surface area contributed by atoms with Crippen molar-refractivity contribution in [2.75, 3.05) is 6.61 Å². The summed E-state index contributed by atoms with van der Waals surface area (Å²) >= 11 is 0. The minimum absolute atomic E-state index is 0.126. The zero-order valence-electron chi connectivity index (χ0n) is 8.49. The molecular formula is C11H8FNO3. The molecule has 0 bridgehead atoms. The van der Waals surface area contributed by atoms with Gasteiger partial charge in [-0.3, -0.25) is 4.79 Å². The largest absolute Gasteiger partial charge is 0.462 e. The molecule has 5 heteroatoms. The summed E-state index contributed by atoms with van der Waals surface area (Å²) in [6.45, 7) is 1.72. The number of carbonyl (C=O) groups is 2. The highest BCUT2D eigenvalue weighted by Crippen LogP contribution is 2.17. The van der Waals surface area contributed by atoms with E-state index in [4.69, 9.17) is 5.26 Å². The first kappa shape index (κ1) is 11.9. The van der Waals surface area contributed by atoms with Crippen LogP contribution in [0.3, 0.4) is 0 Å². The highest BCUT2D eigenvalue weighted by molar-refractivity contribution is 5.93. The Bertz CT molecular complexity index is 477. The molecule has 0 aromatic heterocycles. The highest BCUT2D eigenvalue weighted by atomic mass is 19.1. The summed E-state index contributed by atoms with van der Waals surface area (Å²) in [7, 11) is 0. The fraction of sp³-hybridized carbons (Fsp3) is 0.182. The van der Waals surface area contributed by atoms with Gasteiger partial charge in [0.2, 0.25) is 0 Å². The van der Waals surface area contributed by atoms with Gasteiger partial charge in [0.05, 0.1) is 17.7 Å². The molecule has 1 aromatic carbocycles. The monoisotopic (exact) mass is 221 g/mol. The van der Waals surface area contributed by atoms with Crippen LogP contribution in [-0.2, 0) is 4.74 Å². The summed E-state index contributed by atoms with van der Waals surface area (Å²) in [5.41, 5.74) is -0.903. The molecule has 4 nitrogen and oxygen atoms in total. The van der Waals surface area contributed by atoms with Crippen LogP contribution in [0.5, 0.6) is 0 Å². The van der Waals surface area contributed by atoms with Gasteiger partial charge in [0, 0.05) is 0 Å². The van der Waals surface area contributed by atoms with Gasteiger partial charge >= 0.3 is 5.97 Å². The van der Waals surface area contributed by atoms with Crippen LogP contribution < -0.4 is 0 Å². The fourth-order valence-electron chi connectivity index (χ4n) is 1.17. The number of esters is 1. The van der Waals surface area contributed by atoms with Crippen molar-refractivity contribution in [3.8, 4) is 6.07 Å². The van der Waals surface area contributed by atoms with Crippen LogP contribution in [0, 0.1) is 17.1 Å². The zero-order valence-corrected chi connectivity index (χ0v) is 8.49. The van der Waals surface area contributed by atoms with E-state index in [1.165, 1.54) is 6.07 Å². The van der Waals surface area contributed by atoms with E-state index in [-0.39, 0.29) is 24.0 Å². The first-order valence-corrected chi connectivity index (χ1v) is 4.50. The normalized spacial score (nSPS) is 9.31. The number of benzene rings is 1. The molecule has 0 unspecified atom stereocenters. The van der Waals surface area contributed by atoms with Crippen LogP contribution in [0.1, 0.15) is 33.2 Å². The van der Waals surface area contributed by atoms with Crippen LogP contribution in [0.25, 0.3) is 0 Å². The highest BCUT2D eigenvalue weighted by Gasteiger charge is 2.18. The summed E-state index contributed by atoms with van der Waals surface area (Å²) in [6.07, 6.45) is 0.283. The number of ether oxygens (including phenoxy) is 1. The third-order valence-electron chi connectivity index (χ3n) is 1.91. The molecule has 1 aromatic rings. The van der Waals surface area contributed by atoms with Gasteiger partial charge in [0.1, 0.15) is 11.6 Å². The maximum Gasteiger partial charge on any atom is 0.339 e. The van der Waals surface area contributed by atoms with Gasteiger partial charge in [-0.1, -0.05) is 0 Å². The van der Waals surface area contributed by atoms with E-state index < -0.39 is 17.3 Å². The van der Waals surface area contributed by atoms with Crippen molar-refractivity contribution in [2.45, 2.75) is 6.92 Å². The topological polar surface area (TPSA) is 67.2 Å². The second kappa shape index (κ2) is 5.03. The summed E-state index contributed by atoms with van der Waals surface area (Å²) in [5.74, 6) is -1.78. The van der Waals surface area contributed by atoms with E-state index in [1.54, 1.807) is 13.0 Å². The van der Waals surface area contributed by atoms with Crippen molar-refractivity contribution in [3.63, 3.8) is 0 Å². The minimum atomic E-state index is -0.997. The van der Waals surface area contributed by atoms with Gasteiger partial charge in [0.15, 0.2) is 12.1 Å². The predicted octanol–water partition coefficient (Wildman–Crippen LogP) is 1.69. The fourth-order valence-corrected chi connectivity index (χ4v) is 1.17. The Kier molecular flexibility index (Phi) is 3.72. The van der Waals surface area contributed by atoms with Gasteiger partial charge < -0.3 is 4.74 Å². The Balaban J connectivity index is 3.32. The molecule has 16 heavy (non-hydrogen) atoms. The molecule has 0 N–H and O–H groups in total. The van der Waals surface area contributed by atoms with E-state index in [2.05, 4.69) is 4.74 Å². The number of nitriles is 1. The van der Waals surface area contributed by atoms with Gasteiger partial charge in [-0.25, -0.2) is 9.18 Å². The molecule has 1 rings (SSSR count). The van der Waals surface area contributed by atoms with E-state index in [0.29, 0.717) is 0 Å². The molecule has 0 atom stereocenters. The van der Waals surface area contributed by atoms with Crippen molar-refractivity contribution in [2.24, 2.45) is 0 Å². The van der Waals surface area contributed by atoms with E-state index in [9.17, 15) is 14.0 Å². The quantitative estimate of drug-likeness (QED) is 0.575. The van der Waals surface area contributed by atoms with Crippen molar-refractivity contribution in [1.29, 1.82) is 5.26 Å². The van der Waals surface area contributed by atoms with Crippen LogP contribution >= 0.6 is 0 Å². The molecule has 0 aliphatic carbocycles. The number of carbonyl (C=O) groups excluding carboxylic acids is 2. The zero-order chi connectivity index (χ0) is 12.1. The number of hydrogen-bond donors (Lipinski definition) is 0. The maximum absolute atomic E-state index is 13.5. The smallest absolute Gasteiger partial charge is 0.339 e. The summed E-state index contributed by atoms with van der Waals surface area (Å²) < 4.78 is 18.1. The maximum atomic E-state index is 13.5. The number of nitrogens with zero attached hydrogens (tertiary/aromatic N) is 1. The third-order valence-corrected chi connectivity index (χ3v) is 1.91. The van der Waals surface area contributed by atoms with E-state index in [1.807, 2.05) is 0 Å². The summed E-state index contributed by atoms with van der Waals surface area (Å²) in [4.78, 5) is 21.8. The molecule has 0 aliphatic heterocycles. The van der Waals surface area contributed by atoms with Crippen molar-refractivity contribution < 1.29 is 18.7 Å². The van der Waals surface area contributed by atoms with Gasteiger partial charge in [-0.15, -0.1) is 0 Å². The molecule has 0 fully saturated rings. The molecule has 0 aliphatic rings. The lowest BCUT2D eigenvalue weighted by Crippen LogP contribution is -2.09. The lowest BCUT2D eigenvalue weighted by atomic mass is 10.0. The summed E-state index contributed by atoms with van der Waals surface area (Å²) in [5, 5.41) is 8.72. The Hall–Kier alpha value is -2.22. The third kappa shape index (κ3) is 2.06. The van der Waals surface area contributed by atoms with Gasteiger partial charge in [-0.05, 0) is 19.1 Å². The second-order valence-corrected chi connectivity index (χ2v) is 2.84. The van der Waals surface area contributed by atoms with E-state index in [0.717, 1.165) is 6.07 Å². The SMILES string of the molecule is CCOC(=O)c1ccc(C=O)c(F)c1C#N. The van der Waals surface area contributed by atoms with Crippen LogP contribution in [-0.4, -0.2) is 18.9 Å². The summed E-state index contributed by atoms with van der Waals surface area (Å²) in [6, 6.07) is 3.88. The van der Waals surface area contributed by atoms with Crippen molar-refractivity contribution in [3.05, 3.63) is 34.6 Å². The molecule has 0 amide bonds. The molecule has 0 radical (unpaired) electrons. The molecule has 82 valence electrons. The molecule has 0 spiro atoms. The van der Waals surface area contributed by atoms with Crippen LogP contribution in [0.4, 0.5) is 4.39 Å². The van der Waals surface area contributed by atoms with E-state index >= 15 is 0 Å². The Morgan fingerprint density at radius 1 is 1.62 bits per heavy atom. The molecular weight excluding hydrogens is 213 g/mol. The molecule has 0 heterocycles.